The Kier molecular flexibility index (Phi) is 7.65. The van der Waals surface area contributed by atoms with Crippen molar-refractivity contribution >= 4 is 5.69 Å². The molecule has 0 aliphatic heterocycles. The van der Waals surface area contributed by atoms with E-state index < -0.39 is 0 Å². The molecule has 0 aliphatic carbocycles. The molecule has 0 saturated heterocycles. The number of rotatable bonds is 9. The van der Waals surface area contributed by atoms with Crippen LogP contribution in [0.25, 0.3) is 0 Å². The Balaban J connectivity index is 2.18. The van der Waals surface area contributed by atoms with Gasteiger partial charge in [-0.3, -0.25) is 0 Å². The highest BCUT2D eigenvalue weighted by molar-refractivity contribution is 5.57. The van der Waals surface area contributed by atoms with Gasteiger partial charge in [0.1, 0.15) is 11.9 Å². The topological polar surface area (TPSA) is 35.8 Å². The van der Waals surface area contributed by atoms with Crippen LogP contribution in [0.3, 0.4) is 0 Å². The van der Waals surface area contributed by atoms with Gasteiger partial charge in [0, 0.05) is 6.54 Å². The molecule has 0 spiro atoms. The molecule has 19 heavy (non-hydrogen) atoms. The van der Waals surface area contributed by atoms with Crippen molar-refractivity contribution in [1.29, 1.82) is 5.26 Å². The maximum absolute atomic E-state index is 12.9. The lowest BCUT2D eigenvalue weighted by Gasteiger charge is -2.08. The normalized spacial score (nSPS) is 10.2. The van der Waals surface area contributed by atoms with Crippen LogP contribution in [0.4, 0.5) is 10.1 Å². The van der Waals surface area contributed by atoms with E-state index in [9.17, 15) is 4.39 Å². The molecular formula is C16H23FN2. The van der Waals surface area contributed by atoms with Crippen molar-refractivity contribution in [2.45, 2.75) is 51.9 Å². The molecule has 3 heteroatoms. The third kappa shape index (κ3) is 6.24. The number of nitriles is 1. The van der Waals surface area contributed by atoms with Gasteiger partial charge in [-0.2, -0.15) is 5.26 Å². The Labute approximate surface area is 115 Å². The third-order valence-corrected chi connectivity index (χ3v) is 3.20. The summed E-state index contributed by atoms with van der Waals surface area (Å²) in [5, 5.41) is 12.1. The molecule has 0 unspecified atom stereocenters. The number of benzene rings is 1. The zero-order valence-corrected chi connectivity index (χ0v) is 11.7. The van der Waals surface area contributed by atoms with E-state index in [1.54, 1.807) is 6.07 Å². The molecule has 0 saturated carbocycles. The monoisotopic (exact) mass is 262 g/mol. The van der Waals surface area contributed by atoms with Gasteiger partial charge in [0.15, 0.2) is 0 Å². The Bertz CT molecular complexity index is 410. The number of nitrogens with one attached hydrogen (secondary N) is 1. The van der Waals surface area contributed by atoms with Crippen LogP contribution in [0, 0.1) is 17.1 Å². The van der Waals surface area contributed by atoms with Crippen LogP contribution in [-0.2, 0) is 0 Å². The summed E-state index contributed by atoms with van der Waals surface area (Å²) in [5.74, 6) is -0.363. The average molecular weight is 262 g/mol. The quantitative estimate of drug-likeness (QED) is 0.645. The molecule has 0 radical (unpaired) electrons. The van der Waals surface area contributed by atoms with Gasteiger partial charge < -0.3 is 5.32 Å². The minimum atomic E-state index is -0.363. The summed E-state index contributed by atoms with van der Waals surface area (Å²) in [5.41, 5.74) is 1.11. The van der Waals surface area contributed by atoms with E-state index in [1.807, 2.05) is 6.07 Å². The van der Waals surface area contributed by atoms with Crippen molar-refractivity contribution in [1.82, 2.24) is 0 Å². The predicted molar refractivity (Wildman–Crippen MR) is 77.6 cm³/mol. The Morgan fingerprint density at radius 3 is 2.47 bits per heavy atom. The van der Waals surface area contributed by atoms with Crippen molar-refractivity contribution in [2.24, 2.45) is 0 Å². The molecule has 104 valence electrons. The van der Waals surface area contributed by atoms with Gasteiger partial charge in [0.25, 0.3) is 0 Å². The lowest BCUT2D eigenvalue weighted by atomic mass is 10.1. The zero-order valence-electron chi connectivity index (χ0n) is 11.7. The van der Waals surface area contributed by atoms with Crippen molar-refractivity contribution in [2.75, 3.05) is 11.9 Å². The molecule has 0 aromatic heterocycles. The van der Waals surface area contributed by atoms with Crippen LogP contribution in [0.5, 0.6) is 0 Å². The smallest absolute Gasteiger partial charge is 0.124 e. The fraction of sp³-hybridized carbons (Fsp3) is 0.562. The molecule has 1 aromatic carbocycles. The largest absolute Gasteiger partial charge is 0.384 e. The van der Waals surface area contributed by atoms with E-state index in [2.05, 4.69) is 12.2 Å². The lowest BCUT2D eigenvalue weighted by molar-refractivity contribution is 0.596. The number of hydrogen-bond donors (Lipinski definition) is 1. The van der Waals surface area contributed by atoms with Crippen LogP contribution in [-0.4, -0.2) is 6.54 Å². The molecule has 0 fully saturated rings. The molecule has 0 atom stereocenters. The summed E-state index contributed by atoms with van der Waals surface area (Å²) in [7, 11) is 0. The maximum atomic E-state index is 12.9. The average Bonchev–Trinajstić information content (AvgIpc) is 2.43. The third-order valence-electron chi connectivity index (χ3n) is 3.20. The van der Waals surface area contributed by atoms with Crippen LogP contribution in [0.1, 0.15) is 57.4 Å². The van der Waals surface area contributed by atoms with Crippen LogP contribution >= 0.6 is 0 Å². The highest BCUT2D eigenvalue weighted by Gasteiger charge is 2.02. The molecule has 2 nitrogen and oxygen atoms in total. The highest BCUT2D eigenvalue weighted by atomic mass is 19.1. The maximum Gasteiger partial charge on any atom is 0.124 e. The Hall–Kier alpha value is -1.56. The van der Waals surface area contributed by atoms with Crippen molar-refractivity contribution in [3.05, 3.63) is 29.6 Å². The summed E-state index contributed by atoms with van der Waals surface area (Å²) >= 11 is 0. The first-order valence-corrected chi connectivity index (χ1v) is 7.21. The van der Waals surface area contributed by atoms with E-state index in [-0.39, 0.29) is 5.82 Å². The summed E-state index contributed by atoms with van der Waals surface area (Å²) in [6.07, 6.45) is 8.83. The summed E-state index contributed by atoms with van der Waals surface area (Å²) in [6, 6.07) is 6.30. The SMILES string of the molecule is CCCCCCCCCNc1ccc(F)cc1C#N. The van der Waals surface area contributed by atoms with Crippen LogP contribution < -0.4 is 5.32 Å². The summed E-state index contributed by atoms with van der Waals surface area (Å²) in [4.78, 5) is 0. The van der Waals surface area contributed by atoms with Gasteiger partial charge in [-0.25, -0.2) is 4.39 Å². The fourth-order valence-corrected chi connectivity index (χ4v) is 2.07. The van der Waals surface area contributed by atoms with E-state index >= 15 is 0 Å². The molecule has 1 rings (SSSR count). The van der Waals surface area contributed by atoms with Gasteiger partial charge in [0.05, 0.1) is 11.3 Å². The van der Waals surface area contributed by atoms with E-state index in [1.165, 1.54) is 50.7 Å². The molecule has 0 bridgehead atoms. The summed E-state index contributed by atoms with van der Waals surface area (Å²) in [6.45, 7) is 3.06. The number of halogens is 1. The van der Waals surface area contributed by atoms with Crippen molar-refractivity contribution < 1.29 is 4.39 Å². The molecule has 1 N–H and O–H groups in total. The highest BCUT2D eigenvalue weighted by Crippen LogP contribution is 2.16. The van der Waals surface area contributed by atoms with E-state index in [0.717, 1.165) is 18.7 Å². The van der Waals surface area contributed by atoms with Gasteiger partial charge >= 0.3 is 0 Å². The van der Waals surface area contributed by atoms with Gasteiger partial charge in [-0.05, 0) is 24.6 Å². The number of unbranched alkanes of at least 4 members (excludes halogenated alkanes) is 6. The molecule has 1 aromatic rings. The molecule has 0 heterocycles. The first-order chi connectivity index (χ1) is 9.27. The zero-order chi connectivity index (χ0) is 13.9. The molecule has 0 aliphatic rings. The first kappa shape index (κ1) is 15.5. The second-order valence-electron chi connectivity index (χ2n) is 4.85. The number of nitrogens with zero attached hydrogens (tertiary/aromatic N) is 1. The van der Waals surface area contributed by atoms with Crippen LogP contribution in [0.2, 0.25) is 0 Å². The second-order valence-corrected chi connectivity index (χ2v) is 4.85. The molecular weight excluding hydrogens is 239 g/mol. The lowest BCUT2D eigenvalue weighted by Crippen LogP contribution is -2.03. The molecule has 0 amide bonds. The van der Waals surface area contributed by atoms with Crippen LogP contribution in [0.15, 0.2) is 18.2 Å². The van der Waals surface area contributed by atoms with Gasteiger partial charge in [-0.15, -0.1) is 0 Å². The van der Waals surface area contributed by atoms with Gasteiger partial charge in [-0.1, -0.05) is 45.4 Å². The summed E-state index contributed by atoms with van der Waals surface area (Å²) < 4.78 is 12.9. The second kappa shape index (κ2) is 9.38. The minimum absolute atomic E-state index is 0.363. The van der Waals surface area contributed by atoms with Crippen molar-refractivity contribution in [3.8, 4) is 6.07 Å². The van der Waals surface area contributed by atoms with Gasteiger partial charge in [0.2, 0.25) is 0 Å². The first-order valence-electron chi connectivity index (χ1n) is 7.21. The van der Waals surface area contributed by atoms with Crippen molar-refractivity contribution in [3.63, 3.8) is 0 Å². The minimum Gasteiger partial charge on any atom is -0.384 e. The Morgan fingerprint density at radius 1 is 1.11 bits per heavy atom. The predicted octanol–water partition coefficient (Wildman–Crippen LogP) is 4.86. The standard InChI is InChI=1S/C16H23FN2/c1-2-3-4-5-6-7-8-11-19-16-10-9-15(17)12-14(16)13-18/h9-10,12,19H,2-8,11H2,1H3. The number of anilines is 1. The van der Waals surface area contributed by atoms with E-state index in [0.29, 0.717) is 5.56 Å². The fourth-order valence-electron chi connectivity index (χ4n) is 2.07. The Morgan fingerprint density at radius 2 is 1.79 bits per heavy atom. The van der Waals surface area contributed by atoms with E-state index in [4.69, 9.17) is 5.26 Å². The number of hydrogen-bond acceptors (Lipinski definition) is 2.